The van der Waals surface area contributed by atoms with Crippen molar-refractivity contribution in [2.75, 3.05) is 25.2 Å². The second kappa shape index (κ2) is 6.95. The topological polar surface area (TPSA) is 124 Å². The minimum Gasteiger partial charge on any atom is -0.452 e. The zero-order valence-corrected chi connectivity index (χ0v) is 13.7. The average molecular weight is 356 g/mol. The number of esters is 1. The monoisotopic (exact) mass is 356 g/mol. The fourth-order valence-corrected chi connectivity index (χ4v) is 4.12. The van der Waals surface area contributed by atoms with Gasteiger partial charge in [0.1, 0.15) is 0 Å². The molecule has 1 aliphatic rings. The Morgan fingerprint density at radius 1 is 1.42 bits per heavy atom. The summed E-state index contributed by atoms with van der Waals surface area (Å²) in [4.78, 5) is 35.1. The number of amides is 1. The summed E-state index contributed by atoms with van der Waals surface area (Å²) in [7, 11) is -1.67. The van der Waals surface area contributed by atoms with E-state index in [0.29, 0.717) is 6.42 Å². The van der Waals surface area contributed by atoms with Crippen molar-refractivity contribution in [3.05, 3.63) is 39.9 Å². The lowest BCUT2D eigenvalue weighted by Crippen LogP contribution is -2.40. The zero-order valence-electron chi connectivity index (χ0n) is 12.9. The highest BCUT2D eigenvalue weighted by atomic mass is 32.2. The van der Waals surface area contributed by atoms with Gasteiger partial charge in [0.25, 0.3) is 11.6 Å². The van der Waals surface area contributed by atoms with Crippen LogP contribution < -0.4 is 0 Å². The summed E-state index contributed by atoms with van der Waals surface area (Å²) < 4.78 is 27.7. The first kappa shape index (κ1) is 17.9. The summed E-state index contributed by atoms with van der Waals surface area (Å²) >= 11 is 0. The Kier molecular flexibility index (Phi) is 5.17. The summed E-state index contributed by atoms with van der Waals surface area (Å²) in [5, 5.41) is 10.7. The van der Waals surface area contributed by atoms with Crippen LogP contribution in [-0.2, 0) is 19.4 Å². The molecule has 1 aliphatic heterocycles. The van der Waals surface area contributed by atoms with Crippen LogP contribution >= 0.6 is 0 Å². The normalized spacial score (nSPS) is 18.8. The van der Waals surface area contributed by atoms with Gasteiger partial charge in [-0.1, -0.05) is 6.07 Å². The van der Waals surface area contributed by atoms with Crippen LogP contribution in [0.4, 0.5) is 5.69 Å². The molecule has 24 heavy (non-hydrogen) atoms. The van der Waals surface area contributed by atoms with Gasteiger partial charge in [-0.05, 0) is 12.5 Å². The van der Waals surface area contributed by atoms with Crippen LogP contribution in [0.25, 0.3) is 0 Å². The summed E-state index contributed by atoms with van der Waals surface area (Å²) in [5.41, 5.74) is -0.299. The molecule has 0 radical (unpaired) electrons. The second-order valence-corrected chi connectivity index (χ2v) is 7.67. The number of nitro benzene ring substituents is 1. The number of ether oxygens (including phenoxy) is 1. The van der Waals surface area contributed by atoms with Crippen LogP contribution in [0.1, 0.15) is 16.8 Å². The molecule has 10 heteroatoms. The zero-order chi connectivity index (χ0) is 17.9. The van der Waals surface area contributed by atoms with Crippen LogP contribution in [0, 0.1) is 10.1 Å². The van der Waals surface area contributed by atoms with Gasteiger partial charge in [0.2, 0.25) is 0 Å². The average Bonchev–Trinajstić information content (AvgIpc) is 2.91. The Labute approximate surface area is 138 Å². The smallest absolute Gasteiger partial charge is 0.338 e. The number of carbonyl (C=O) groups is 2. The van der Waals surface area contributed by atoms with Gasteiger partial charge in [-0.25, -0.2) is 13.2 Å². The van der Waals surface area contributed by atoms with Crippen molar-refractivity contribution < 1.29 is 27.7 Å². The van der Waals surface area contributed by atoms with Gasteiger partial charge in [-0.15, -0.1) is 0 Å². The quantitative estimate of drug-likeness (QED) is 0.425. The van der Waals surface area contributed by atoms with Crippen LogP contribution in [0.2, 0.25) is 0 Å². The molecule has 9 nitrogen and oxygen atoms in total. The maximum absolute atomic E-state index is 12.0. The predicted molar refractivity (Wildman–Crippen MR) is 83.2 cm³/mol. The van der Waals surface area contributed by atoms with E-state index in [1.807, 2.05) is 0 Å². The van der Waals surface area contributed by atoms with Crippen molar-refractivity contribution in [3.8, 4) is 0 Å². The molecule has 0 aliphatic carbocycles. The Morgan fingerprint density at radius 3 is 2.71 bits per heavy atom. The third-order valence-corrected chi connectivity index (χ3v) is 5.52. The van der Waals surface area contributed by atoms with E-state index in [1.165, 1.54) is 30.1 Å². The van der Waals surface area contributed by atoms with Crippen LogP contribution in [-0.4, -0.2) is 61.3 Å². The van der Waals surface area contributed by atoms with Crippen LogP contribution in [0.5, 0.6) is 0 Å². The second-order valence-electron chi connectivity index (χ2n) is 5.45. The third-order valence-electron chi connectivity index (χ3n) is 3.77. The molecule has 1 atom stereocenters. The van der Waals surface area contributed by atoms with Crippen LogP contribution in [0.15, 0.2) is 24.3 Å². The minimum atomic E-state index is -3.13. The number of benzene rings is 1. The molecule has 130 valence electrons. The molecule has 0 aromatic heterocycles. The number of carbonyl (C=O) groups excluding carboxylic acids is 2. The summed E-state index contributed by atoms with van der Waals surface area (Å²) in [5.74, 6) is -1.47. The van der Waals surface area contributed by atoms with Crippen molar-refractivity contribution in [3.63, 3.8) is 0 Å². The minimum absolute atomic E-state index is 0.0305. The van der Waals surface area contributed by atoms with Gasteiger partial charge in [0, 0.05) is 25.2 Å². The van der Waals surface area contributed by atoms with E-state index in [0.717, 1.165) is 6.07 Å². The number of hydrogen-bond donors (Lipinski definition) is 0. The molecule has 1 heterocycles. The standard InChI is InChI=1S/C14H16N2O7S/c1-15(12-5-6-24(21,22)9-12)13(17)8-23-14(18)10-3-2-4-11(7-10)16(19)20/h2-4,7,12H,5-6,8-9H2,1H3/t12-/m0/s1. The highest BCUT2D eigenvalue weighted by Crippen LogP contribution is 2.17. The van der Waals surface area contributed by atoms with E-state index in [-0.39, 0.29) is 22.8 Å². The number of nitro groups is 1. The van der Waals surface area contributed by atoms with Crippen molar-refractivity contribution in [1.82, 2.24) is 4.90 Å². The van der Waals surface area contributed by atoms with E-state index >= 15 is 0 Å². The maximum atomic E-state index is 12.0. The van der Waals surface area contributed by atoms with Gasteiger partial charge in [-0.3, -0.25) is 14.9 Å². The Morgan fingerprint density at radius 2 is 2.12 bits per heavy atom. The van der Waals surface area contributed by atoms with Gasteiger partial charge in [0.05, 0.1) is 22.0 Å². The largest absolute Gasteiger partial charge is 0.452 e. The highest BCUT2D eigenvalue weighted by molar-refractivity contribution is 7.91. The number of sulfone groups is 1. The van der Waals surface area contributed by atoms with Crippen LogP contribution in [0.3, 0.4) is 0 Å². The molecule has 1 aromatic rings. The molecule has 2 rings (SSSR count). The lowest BCUT2D eigenvalue weighted by molar-refractivity contribution is -0.384. The van der Waals surface area contributed by atoms with Gasteiger partial charge in [0.15, 0.2) is 16.4 Å². The maximum Gasteiger partial charge on any atom is 0.338 e. The molecule has 0 spiro atoms. The first-order valence-electron chi connectivity index (χ1n) is 7.07. The van der Waals surface area contributed by atoms with Crippen molar-refractivity contribution in [1.29, 1.82) is 0 Å². The molecular weight excluding hydrogens is 340 g/mol. The first-order chi connectivity index (χ1) is 11.2. The van der Waals surface area contributed by atoms with E-state index in [9.17, 15) is 28.1 Å². The molecule has 0 N–H and O–H groups in total. The van der Waals surface area contributed by atoms with E-state index in [1.54, 1.807) is 0 Å². The summed E-state index contributed by atoms with van der Waals surface area (Å²) in [6.07, 6.45) is 0.351. The number of rotatable bonds is 5. The van der Waals surface area contributed by atoms with Crippen molar-refractivity contribution in [2.24, 2.45) is 0 Å². The van der Waals surface area contributed by atoms with Crippen molar-refractivity contribution >= 4 is 27.4 Å². The number of nitrogens with zero attached hydrogens (tertiary/aromatic N) is 2. The van der Waals surface area contributed by atoms with Gasteiger partial charge < -0.3 is 9.64 Å². The van der Waals surface area contributed by atoms with Crippen molar-refractivity contribution in [2.45, 2.75) is 12.5 Å². The Bertz CT molecular complexity index is 775. The van der Waals surface area contributed by atoms with Gasteiger partial charge in [-0.2, -0.15) is 0 Å². The SMILES string of the molecule is CN(C(=O)COC(=O)c1cccc([N+](=O)[O-])c1)[C@H]1CCS(=O)(=O)C1. The van der Waals surface area contributed by atoms with E-state index < -0.39 is 39.3 Å². The van der Waals surface area contributed by atoms with E-state index in [4.69, 9.17) is 4.74 Å². The molecule has 0 unspecified atom stereocenters. The molecule has 1 saturated heterocycles. The molecule has 1 fully saturated rings. The molecule has 0 bridgehead atoms. The Balaban J connectivity index is 1.93. The summed E-state index contributed by atoms with van der Waals surface area (Å²) in [6.45, 7) is -0.561. The molecular formula is C14H16N2O7S. The van der Waals surface area contributed by atoms with E-state index in [2.05, 4.69) is 0 Å². The number of non-ortho nitro benzene ring substituents is 1. The number of likely N-dealkylation sites (N-methyl/N-ethyl adjacent to an activating group) is 1. The third kappa shape index (κ3) is 4.28. The molecule has 0 saturated carbocycles. The highest BCUT2D eigenvalue weighted by Gasteiger charge is 2.33. The number of hydrogen-bond acceptors (Lipinski definition) is 7. The first-order valence-corrected chi connectivity index (χ1v) is 8.89. The predicted octanol–water partition coefficient (Wildman–Crippen LogP) is 0.397. The van der Waals surface area contributed by atoms with Gasteiger partial charge >= 0.3 is 5.97 Å². The summed E-state index contributed by atoms with van der Waals surface area (Å²) in [6, 6.07) is 4.54. The molecule has 1 amide bonds. The lowest BCUT2D eigenvalue weighted by atomic mass is 10.2. The fraction of sp³-hybridized carbons (Fsp3) is 0.429. The fourth-order valence-electron chi connectivity index (χ4n) is 2.34. The molecule has 1 aromatic carbocycles. The Hall–Kier alpha value is -2.49. The lowest BCUT2D eigenvalue weighted by Gasteiger charge is -2.23.